The number of aromatic nitrogens is 1. The number of carboxylic acid groups (broad SMARTS) is 1. The van der Waals surface area contributed by atoms with Crippen LogP contribution in [-0.4, -0.2) is 41.7 Å². The lowest BCUT2D eigenvalue weighted by atomic mass is 9.88. The van der Waals surface area contributed by atoms with Crippen molar-refractivity contribution in [3.8, 4) is 0 Å². The van der Waals surface area contributed by atoms with E-state index in [1.807, 2.05) is 0 Å². The molecule has 4 atom stereocenters. The molecule has 146 valence electrons. The smallest absolute Gasteiger partial charge is 0.303 e. The Labute approximate surface area is 157 Å². The van der Waals surface area contributed by atoms with Crippen LogP contribution in [0.3, 0.4) is 0 Å². The first kappa shape index (κ1) is 17.2. The van der Waals surface area contributed by atoms with Crippen LogP contribution in [0.5, 0.6) is 0 Å². The maximum absolute atomic E-state index is 14.7. The van der Waals surface area contributed by atoms with Crippen LogP contribution < -0.4 is 9.80 Å². The number of nitrogens with zero attached hydrogens (tertiary/aromatic N) is 3. The number of halogens is 2. The fourth-order valence-corrected chi connectivity index (χ4v) is 5.31. The van der Waals surface area contributed by atoms with Crippen LogP contribution in [0.2, 0.25) is 0 Å². The molecule has 1 N–H and O–H groups in total. The Bertz CT molecular complexity index is 788. The predicted molar refractivity (Wildman–Crippen MR) is 97.4 cm³/mol. The van der Waals surface area contributed by atoms with E-state index in [-0.39, 0.29) is 24.3 Å². The molecule has 0 bridgehead atoms. The second kappa shape index (κ2) is 5.79. The van der Waals surface area contributed by atoms with Gasteiger partial charge in [-0.25, -0.2) is 13.8 Å². The van der Waals surface area contributed by atoms with Gasteiger partial charge in [0.2, 0.25) is 0 Å². The van der Waals surface area contributed by atoms with Gasteiger partial charge in [0.25, 0.3) is 5.92 Å². The van der Waals surface area contributed by atoms with Crippen LogP contribution >= 0.6 is 0 Å². The van der Waals surface area contributed by atoms with Gasteiger partial charge < -0.3 is 14.9 Å². The number of hydrogen-bond acceptors (Lipinski definition) is 4. The summed E-state index contributed by atoms with van der Waals surface area (Å²) in [6, 6.07) is 1.96. The molecular weight excluding hydrogens is 352 g/mol. The van der Waals surface area contributed by atoms with Crippen molar-refractivity contribution in [2.24, 2.45) is 17.8 Å². The molecular formula is C20H25F2N3O2. The van der Waals surface area contributed by atoms with E-state index in [0.717, 1.165) is 37.4 Å². The van der Waals surface area contributed by atoms with E-state index in [2.05, 4.69) is 16.7 Å². The maximum atomic E-state index is 14.7. The van der Waals surface area contributed by atoms with Crippen molar-refractivity contribution < 1.29 is 18.7 Å². The Morgan fingerprint density at radius 1 is 1.37 bits per heavy atom. The number of piperidine rings is 1. The van der Waals surface area contributed by atoms with Gasteiger partial charge in [0, 0.05) is 49.6 Å². The Balaban J connectivity index is 1.46. The van der Waals surface area contributed by atoms with E-state index in [0.29, 0.717) is 36.5 Å². The highest BCUT2D eigenvalue weighted by Crippen LogP contribution is 2.55. The standard InChI is InChI=1S/C20H25F2N3O2/c1-11-4-6-25(11)19-12-3-2-5-20(21,22)16(12)8-17(23-19)24-9-14-13(7-18(26)27)15(14)10-24/h8,11,13-15H,2-7,9-10H2,1H3,(H,26,27)/t11-,13?,14-,15+/m0/s1. The van der Waals surface area contributed by atoms with E-state index in [1.165, 1.54) is 0 Å². The van der Waals surface area contributed by atoms with E-state index < -0.39 is 11.9 Å². The second-order valence-corrected chi connectivity index (χ2v) is 8.71. The third-order valence-electron chi connectivity index (χ3n) is 7.10. The number of alkyl halides is 2. The molecule has 0 radical (unpaired) electrons. The lowest BCUT2D eigenvalue weighted by Crippen LogP contribution is -2.47. The minimum Gasteiger partial charge on any atom is -0.481 e. The number of aliphatic carboxylic acids is 1. The highest BCUT2D eigenvalue weighted by molar-refractivity contribution is 5.68. The molecule has 4 aliphatic rings. The summed E-state index contributed by atoms with van der Waals surface area (Å²) >= 11 is 0. The van der Waals surface area contributed by atoms with Gasteiger partial charge >= 0.3 is 5.97 Å². The maximum Gasteiger partial charge on any atom is 0.303 e. The summed E-state index contributed by atoms with van der Waals surface area (Å²) in [7, 11) is 0. The van der Waals surface area contributed by atoms with Crippen LogP contribution in [-0.2, 0) is 17.1 Å². The Morgan fingerprint density at radius 2 is 2.11 bits per heavy atom. The summed E-state index contributed by atoms with van der Waals surface area (Å²) in [4.78, 5) is 20.0. The van der Waals surface area contributed by atoms with Crippen molar-refractivity contribution in [1.82, 2.24) is 4.98 Å². The van der Waals surface area contributed by atoms with Crippen LogP contribution in [0, 0.1) is 17.8 Å². The molecule has 1 unspecified atom stereocenters. The largest absolute Gasteiger partial charge is 0.481 e. The zero-order valence-electron chi connectivity index (χ0n) is 15.5. The quantitative estimate of drug-likeness (QED) is 0.873. The van der Waals surface area contributed by atoms with E-state index >= 15 is 0 Å². The Kier molecular flexibility index (Phi) is 3.69. The van der Waals surface area contributed by atoms with E-state index in [9.17, 15) is 13.6 Å². The number of hydrogen-bond donors (Lipinski definition) is 1. The van der Waals surface area contributed by atoms with Gasteiger partial charge in [-0.05, 0) is 50.0 Å². The number of carbonyl (C=O) groups is 1. The molecule has 1 aromatic rings. The van der Waals surface area contributed by atoms with Crippen LogP contribution in [0.4, 0.5) is 20.4 Å². The van der Waals surface area contributed by atoms with Crippen molar-refractivity contribution in [3.05, 3.63) is 17.2 Å². The minimum absolute atomic E-state index is 0.0929. The molecule has 2 aliphatic heterocycles. The van der Waals surface area contributed by atoms with Crippen LogP contribution in [0.25, 0.3) is 0 Å². The molecule has 5 rings (SSSR count). The summed E-state index contributed by atoms with van der Waals surface area (Å²) < 4.78 is 29.4. The van der Waals surface area contributed by atoms with E-state index in [4.69, 9.17) is 10.1 Å². The van der Waals surface area contributed by atoms with E-state index in [1.54, 1.807) is 6.07 Å². The minimum atomic E-state index is -2.79. The zero-order chi connectivity index (χ0) is 18.9. The Morgan fingerprint density at radius 3 is 2.70 bits per heavy atom. The number of carboxylic acids is 1. The van der Waals surface area contributed by atoms with Gasteiger partial charge in [-0.2, -0.15) is 0 Å². The summed E-state index contributed by atoms with van der Waals surface area (Å²) in [5.74, 6) is -1.16. The monoisotopic (exact) mass is 377 g/mol. The Hall–Kier alpha value is -1.92. The summed E-state index contributed by atoms with van der Waals surface area (Å²) in [5.41, 5.74) is 0.894. The topological polar surface area (TPSA) is 56.7 Å². The van der Waals surface area contributed by atoms with Crippen molar-refractivity contribution in [2.45, 2.75) is 51.0 Å². The first-order valence-corrected chi connectivity index (χ1v) is 10.0. The van der Waals surface area contributed by atoms with Gasteiger partial charge in [0.1, 0.15) is 11.6 Å². The van der Waals surface area contributed by atoms with Crippen molar-refractivity contribution in [1.29, 1.82) is 0 Å². The number of rotatable bonds is 4. The SMILES string of the molecule is C[C@H]1CCN1c1nc(N2C[C@@H]3C(CC(=O)O)[C@@H]3C2)cc2c1CCCC2(F)F. The summed E-state index contributed by atoms with van der Waals surface area (Å²) in [6.45, 7) is 4.46. The molecule has 0 aromatic carbocycles. The second-order valence-electron chi connectivity index (χ2n) is 8.71. The molecule has 1 aromatic heterocycles. The lowest BCUT2D eigenvalue weighted by molar-refractivity contribution is -0.137. The average molecular weight is 377 g/mol. The number of fused-ring (bicyclic) bond motifs is 2. The normalized spacial score (nSPS) is 33.3. The average Bonchev–Trinajstić information content (AvgIpc) is 3.03. The van der Waals surface area contributed by atoms with Gasteiger partial charge in [0.05, 0.1) is 0 Å². The van der Waals surface area contributed by atoms with Gasteiger partial charge in [-0.15, -0.1) is 0 Å². The molecule has 0 spiro atoms. The molecule has 3 fully saturated rings. The predicted octanol–water partition coefficient (Wildman–Crippen LogP) is 3.27. The van der Waals surface area contributed by atoms with Gasteiger partial charge in [0.15, 0.2) is 0 Å². The molecule has 2 aliphatic carbocycles. The lowest BCUT2D eigenvalue weighted by Gasteiger charge is -2.42. The zero-order valence-corrected chi connectivity index (χ0v) is 15.5. The molecule has 3 heterocycles. The molecule has 27 heavy (non-hydrogen) atoms. The summed E-state index contributed by atoms with van der Waals surface area (Å²) in [5, 5.41) is 8.99. The third kappa shape index (κ3) is 2.69. The molecule has 0 amide bonds. The fraction of sp³-hybridized carbons (Fsp3) is 0.700. The number of pyridine rings is 1. The molecule has 2 saturated heterocycles. The van der Waals surface area contributed by atoms with Crippen molar-refractivity contribution >= 4 is 17.6 Å². The van der Waals surface area contributed by atoms with Crippen molar-refractivity contribution in [3.63, 3.8) is 0 Å². The van der Waals surface area contributed by atoms with Gasteiger partial charge in [-0.3, -0.25) is 4.79 Å². The fourth-order valence-electron chi connectivity index (χ4n) is 5.31. The highest BCUT2D eigenvalue weighted by atomic mass is 19.3. The first-order valence-electron chi connectivity index (χ1n) is 10.0. The van der Waals surface area contributed by atoms with Crippen LogP contribution in [0.15, 0.2) is 6.07 Å². The summed E-state index contributed by atoms with van der Waals surface area (Å²) in [6.07, 6.45) is 2.37. The van der Waals surface area contributed by atoms with Crippen LogP contribution in [0.1, 0.15) is 43.7 Å². The molecule has 5 nitrogen and oxygen atoms in total. The molecule has 1 saturated carbocycles. The number of anilines is 2. The first-order chi connectivity index (χ1) is 12.8. The van der Waals surface area contributed by atoms with Gasteiger partial charge in [-0.1, -0.05) is 0 Å². The van der Waals surface area contributed by atoms with Crippen molar-refractivity contribution in [2.75, 3.05) is 29.4 Å². The third-order valence-corrected chi connectivity index (χ3v) is 7.10. The molecule has 7 heteroatoms. The highest BCUT2D eigenvalue weighted by Gasteiger charge is 2.56.